The van der Waals surface area contributed by atoms with Crippen molar-refractivity contribution in [2.45, 2.75) is 32.6 Å². The molecule has 19 heavy (non-hydrogen) atoms. The highest BCUT2D eigenvalue weighted by molar-refractivity contribution is 9.10. The fourth-order valence-corrected chi connectivity index (χ4v) is 2.88. The van der Waals surface area contributed by atoms with Crippen LogP contribution in [0.5, 0.6) is 0 Å². The fourth-order valence-electron chi connectivity index (χ4n) is 2.47. The molecule has 0 saturated heterocycles. The Labute approximate surface area is 122 Å². The van der Waals surface area contributed by atoms with Crippen LogP contribution in [0.15, 0.2) is 22.7 Å². The minimum atomic E-state index is -0.494. The van der Waals surface area contributed by atoms with Crippen molar-refractivity contribution >= 4 is 21.8 Å². The van der Waals surface area contributed by atoms with Crippen LogP contribution >= 0.6 is 15.9 Å². The normalized spacial score (nSPS) is 16.8. The number of halogens is 1. The lowest BCUT2D eigenvalue weighted by Crippen LogP contribution is -2.48. The van der Waals surface area contributed by atoms with Crippen molar-refractivity contribution in [1.29, 1.82) is 0 Å². The highest BCUT2D eigenvalue weighted by Crippen LogP contribution is 2.40. The second-order valence-corrected chi connectivity index (χ2v) is 6.28. The Hall–Kier alpha value is -0.870. The van der Waals surface area contributed by atoms with Gasteiger partial charge in [0.1, 0.15) is 0 Å². The van der Waals surface area contributed by atoms with Crippen LogP contribution in [-0.4, -0.2) is 24.2 Å². The van der Waals surface area contributed by atoms with Crippen molar-refractivity contribution in [1.82, 2.24) is 5.32 Å². The molecule has 0 radical (unpaired) electrons. The van der Waals surface area contributed by atoms with Gasteiger partial charge in [-0.2, -0.15) is 0 Å². The van der Waals surface area contributed by atoms with E-state index < -0.39 is 5.41 Å². The van der Waals surface area contributed by atoms with Crippen molar-refractivity contribution < 1.29 is 9.90 Å². The third kappa shape index (κ3) is 3.18. The molecule has 2 rings (SSSR count). The number of aryl methyl sites for hydroxylation is 1. The fraction of sp³-hybridized carbons (Fsp3) is 0.533. The Kier molecular flexibility index (Phi) is 4.63. The van der Waals surface area contributed by atoms with Crippen molar-refractivity contribution in [3.8, 4) is 0 Å². The van der Waals surface area contributed by atoms with Gasteiger partial charge in [0.25, 0.3) is 0 Å². The number of carbonyl (C=O) groups excluding carboxylic acids is 1. The average Bonchev–Trinajstić information content (AvgIpc) is 2.33. The number of aliphatic hydroxyl groups is 1. The van der Waals surface area contributed by atoms with Crippen molar-refractivity contribution in [3.05, 3.63) is 33.8 Å². The molecular weight excluding hydrogens is 306 g/mol. The summed E-state index contributed by atoms with van der Waals surface area (Å²) in [4.78, 5) is 12.0. The van der Waals surface area contributed by atoms with E-state index in [4.69, 9.17) is 0 Å². The van der Waals surface area contributed by atoms with Crippen LogP contribution in [0.25, 0.3) is 0 Å². The zero-order chi connectivity index (χ0) is 13.9. The van der Waals surface area contributed by atoms with E-state index in [0.29, 0.717) is 6.54 Å². The van der Waals surface area contributed by atoms with Gasteiger partial charge in [0.2, 0.25) is 5.91 Å². The van der Waals surface area contributed by atoms with Crippen LogP contribution in [0.4, 0.5) is 0 Å². The molecule has 0 heterocycles. The van der Waals surface area contributed by atoms with E-state index in [2.05, 4.69) is 40.3 Å². The maximum atomic E-state index is 12.0. The van der Waals surface area contributed by atoms with Crippen LogP contribution in [0.2, 0.25) is 0 Å². The first-order chi connectivity index (χ1) is 9.07. The number of benzene rings is 1. The molecule has 0 unspecified atom stereocenters. The number of hydrogen-bond donors (Lipinski definition) is 2. The van der Waals surface area contributed by atoms with Crippen LogP contribution in [-0.2, 0) is 11.2 Å². The van der Waals surface area contributed by atoms with Gasteiger partial charge < -0.3 is 10.4 Å². The highest BCUT2D eigenvalue weighted by Gasteiger charge is 2.43. The average molecular weight is 326 g/mol. The van der Waals surface area contributed by atoms with Crippen molar-refractivity contribution in [3.63, 3.8) is 0 Å². The standard InChI is InChI=1S/C15H20BrNO2/c1-11-3-4-13(16)9-12(11)5-8-17-14(19)15(10-18)6-2-7-15/h3-4,9,18H,2,5-8,10H2,1H3,(H,17,19). The number of nitrogens with one attached hydrogen (secondary N) is 1. The van der Waals surface area contributed by atoms with Crippen LogP contribution < -0.4 is 5.32 Å². The van der Waals surface area contributed by atoms with Gasteiger partial charge in [-0.25, -0.2) is 0 Å². The molecular formula is C15H20BrNO2. The van der Waals surface area contributed by atoms with E-state index in [1.807, 2.05) is 6.07 Å². The second kappa shape index (κ2) is 6.06. The molecule has 0 atom stereocenters. The minimum absolute atomic E-state index is 0.00824. The molecule has 0 aliphatic heterocycles. The maximum absolute atomic E-state index is 12.0. The lowest BCUT2D eigenvalue weighted by Gasteiger charge is -2.38. The summed E-state index contributed by atoms with van der Waals surface area (Å²) >= 11 is 3.46. The topological polar surface area (TPSA) is 49.3 Å². The Morgan fingerprint density at radius 2 is 2.21 bits per heavy atom. The first kappa shape index (κ1) is 14.5. The van der Waals surface area contributed by atoms with Crippen molar-refractivity contribution in [2.24, 2.45) is 5.41 Å². The largest absolute Gasteiger partial charge is 0.395 e. The summed E-state index contributed by atoms with van der Waals surface area (Å²) in [5, 5.41) is 12.3. The van der Waals surface area contributed by atoms with Gasteiger partial charge in [-0.05, 0) is 49.4 Å². The van der Waals surface area contributed by atoms with Crippen LogP contribution in [0, 0.1) is 12.3 Å². The first-order valence-corrected chi connectivity index (χ1v) is 7.51. The Morgan fingerprint density at radius 1 is 1.47 bits per heavy atom. The number of amides is 1. The summed E-state index contributed by atoms with van der Waals surface area (Å²) in [6.07, 6.45) is 3.48. The molecule has 3 nitrogen and oxygen atoms in total. The zero-order valence-electron chi connectivity index (χ0n) is 11.2. The Balaban J connectivity index is 1.86. The molecule has 0 spiro atoms. The summed E-state index contributed by atoms with van der Waals surface area (Å²) in [5.41, 5.74) is 1.98. The van der Waals surface area contributed by atoms with E-state index in [-0.39, 0.29) is 12.5 Å². The second-order valence-electron chi connectivity index (χ2n) is 5.37. The van der Waals surface area contributed by atoms with Gasteiger partial charge in [0.15, 0.2) is 0 Å². The summed E-state index contributed by atoms with van der Waals surface area (Å²) in [6.45, 7) is 2.66. The summed E-state index contributed by atoms with van der Waals surface area (Å²) in [7, 11) is 0. The highest BCUT2D eigenvalue weighted by atomic mass is 79.9. The summed E-state index contributed by atoms with van der Waals surface area (Å²) < 4.78 is 1.06. The van der Waals surface area contributed by atoms with E-state index in [0.717, 1.165) is 30.2 Å². The van der Waals surface area contributed by atoms with Gasteiger partial charge in [-0.1, -0.05) is 28.4 Å². The van der Waals surface area contributed by atoms with E-state index in [1.165, 1.54) is 11.1 Å². The first-order valence-electron chi connectivity index (χ1n) is 6.72. The maximum Gasteiger partial charge on any atom is 0.228 e. The molecule has 1 saturated carbocycles. The predicted molar refractivity (Wildman–Crippen MR) is 79.0 cm³/mol. The lowest BCUT2D eigenvalue weighted by molar-refractivity contribution is -0.139. The number of rotatable bonds is 5. The summed E-state index contributed by atoms with van der Waals surface area (Å²) in [6, 6.07) is 6.18. The third-order valence-electron chi connectivity index (χ3n) is 4.09. The number of hydrogen-bond acceptors (Lipinski definition) is 2. The SMILES string of the molecule is Cc1ccc(Br)cc1CCNC(=O)C1(CO)CCC1. The van der Waals surface area contributed by atoms with Gasteiger partial charge in [-0.3, -0.25) is 4.79 Å². The number of carbonyl (C=O) groups is 1. The Bertz CT molecular complexity index is 464. The van der Waals surface area contributed by atoms with E-state index in [1.54, 1.807) is 0 Å². The zero-order valence-corrected chi connectivity index (χ0v) is 12.8. The monoisotopic (exact) mass is 325 g/mol. The van der Waals surface area contributed by atoms with Gasteiger partial charge in [0.05, 0.1) is 12.0 Å². The number of aliphatic hydroxyl groups excluding tert-OH is 1. The smallest absolute Gasteiger partial charge is 0.228 e. The molecule has 1 fully saturated rings. The molecule has 0 aromatic heterocycles. The van der Waals surface area contributed by atoms with Gasteiger partial charge in [0, 0.05) is 11.0 Å². The third-order valence-corrected chi connectivity index (χ3v) is 4.58. The molecule has 1 aliphatic carbocycles. The van der Waals surface area contributed by atoms with E-state index >= 15 is 0 Å². The molecule has 0 bridgehead atoms. The Morgan fingerprint density at radius 3 is 2.79 bits per heavy atom. The van der Waals surface area contributed by atoms with Crippen LogP contribution in [0.1, 0.15) is 30.4 Å². The molecule has 104 valence electrons. The molecule has 1 aromatic carbocycles. The van der Waals surface area contributed by atoms with Crippen LogP contribution in [0.3, 0.4) is 0 Å². The minimum Gasteiger partial charge on any atom is -0.395 e. The molecule has 4 heteroatoms. The van der Waals surface area contributed by atoms with Crippen molar-refractivity contribution in [2.75, 3.05) is 13.2 Å². The quantitative estimate of drug-likeness (QED) is 0.874. The molecule has 1 aromatic rings. The molecule has 2 N–H and O–H groups in total. The van der Waals surface area contributed by atoms with Gasteiger partial charge in [-0.15, -0.1) is 0 Å². The predicted octanol–water partition coefficient (Wildman–Crippen LogP) is 2.58. The summed E-state index contributed by atoms with van der Waals surface area (Å²) in [5.74, 6) is 0.00824. The van der Waals surface area contributed by atoms with E-state index in [9.17, 15) is 9.90 Å². The van der Waals surface area contributed by atoms with Gasteiger partial charge >= 0.3 is 0 Å². The lowest BCUT2D eigenvalue weighted by atomic mass is 9.68. The molecule has 1 amide bonds. The molecule has 1 aliphatic rings.